The van der Waals surface area contributed by atoms with Crippen molar-refractivity contribution in [1.29, 1.82) is 0 Å². The van der Waals surface area contributed by atoms with Crippen LogP contribution in [0.15, 0.2) is 24.0 Å². The Morgan fingerprint density at radius 2 is 2.20 bits per heavy atom. The van der Waals surface area contributed by atoms with Crippen LogP contribution in [0.25, 0.3) is 0 Å². The van der Waals surface area contributed by atoms with E-state index in [4.69, 9.17) is 0 Å². The first kappa shape index (κ1) is 15.3. The Labute approximate surface area is 123 Å². The molecule has 0 bridgehead atoms. The van der Waals surface area contributed by atoms with E-state index in [1.54, 1.807) is 5.57 Å². The first-order chi connectivity index (χ1) is 9.85. The summed E-state index contributed by atoms with van der Waals surface area (Å²) in [6.45, 7) is 6.58. The van der Waals surface area contributed by atoms with E-state index in [9.17, 15) is 0 Å². The standard InChI is InChI=1S/C17H29N3/c1-3-10-18-16(14-15-8-6-5-7-9-15)17-19-11-13-20(17)12-4-2/h8,11,13,16,18H,3-7,9-10,12,14H2,1-2H3. The van der Waals surface area contributed by atoms with E-state index in [1.807, 2.05) is 6.20 Å². The molecule has 1 atom stereocenters. The van der Waals surface area contributed by atoms with Crippen molar-refractivity contribution in [3.05, 3.63) is 29.9 Å². The van der Waals surface area contributed by atoms with E-state index in [0.717, 1.165) is 25.9 Å². The van der Waals surface area contributed by atoms with Crippen LogP contribution >= 0.6 is 0 Å². The number of nitrogens with one attached hydrogen (secondary N) is 1. The van der Waals surface area contributed by atoms with E-state index < -0.39 is 0 Å². The Bertz CT molecular complexity index is 420. The van der Waals surface area contributed by atoms with Crippen LogP contribution in [-0.2, 0) is 6.54 Å². The summed E-state index contributed by atoms with van der Waals surface area (Å²) >= 11 is 0. The van der Waals surface area contributed by atoms with Gasteiger partial charge >= 0.3 is 0 Å². The molecule has 1 heterocycles. The average molecular weight is 275 g/mol. The minimum Gasteiger partial charge on any atom is -0.334 e. The molecule has 0 spiro atoms. The predicted octanol–water partition coefficient (Wildman–Crippen LogP) is 4.22. The average Bonchev–Trinajstić information content (AvgIpc) is 2.93. The summed E-state index contributed by atoms with van der Waals surface area (Å²) in [6, 6.07) is 0.376. The van der Waals surface area contributed by atoms with E-state index in [0.29, 0.717) is 6.04 Å². The number of imidazole rings is 1. The molecule has 3 nitrogen and oxygen atoms in total. The monoisotopic (exact) mass is 275 g/mol. The lowest BCUT2D eigenvalue weighted by molar-refractivity contribution is 0.465. The third-order valence-corrected chi connectivity index (χ3v) is 4.02. The summed E-state index contributed by atoms with van der Waals surface area (Å²) in [7, 11) is 0. The summed E-state index contributed by atoms with van der Waals surface area (Å²) in [4.78, 5) is 4.63. The molecule has 1 unspecified atom stereocenters. The predicted molar refractivity (Wildman–Crippen MR) is 84.7 cm³/mol. The van der Waals surface area contributed by atoms with Crippen LogP contribution in [0.4, 0.5) is 0 Å². The highest BCUT2D eigenvalue weighted by Crippen LogP contribution is 2.27. The summed E-state index contributed by atoms with van der Waals surface area (Å²) in [6.07, 6.45) is 15.2. The molecule has 0 radical (unpaired) electrons. The molecule has 1 N–H and O–H groups in total. The topological polar surface area (TPSA) is 29.9 Å². The molecule has 112 valence electrons. The van der Waals surface area contributed by atoms with Gasteiger partial charge in [0.1, 0.15) is 5.82 Å². The zero-order valence-corrected chi connectivity index (χ0v) is 13.1. The summed E-state index contributed by atoms with van der Waals surface area (Å²) in [5, 5.41) is 3.69. The fraction of sp³-hybridized carbons (Fsp3) is 0.706. The van der Waals surface area contributed by atoms with Gasteiger partial charge in [-0.1, -0.05) is 25.5 Å². The van der Waals surface area contributed by atoms with E-state index in [2.05, 4.69) is 41.0 Å². The van der Waals surface area contributed by atoms with E-state index >= 15 is 0 Å². The first-order valence-corrected chi connectivity index (χ1v) is 8.27. The van der Waals surface area contributed by atoms with Crippen LogP contribution in [-0.4, -0.2) is 16.1 Å². The number of aromatic nitrogens is 2. The first-order valence-electron chi connectivity index (χ1n) is 8.27. The maximum atomic E-state index is 4.63. The van der Waals surface area contributed by atoms with Gasteiger partial charge < -0.3 is 9.88 Å². The van der Waals surface area contributed by atoms with Crippen molar-refractivity contribution in [3.8, 4) is 0 Å². The maximum absolute atomic E-state index is 4.63. The SMILES string of the molecule is CCCNC(CC1=CCCCC1)c1nccn1CCC. The molecule has 1 aromatic rings. The van der Waals surface area contributed by atoms with Gasteiger partial charge in [-0.15, -0.1) is 0 Å². The van der Waals surface area contributed by atoms with Gasteiger partial charge in [0, 0.05) is 18.9 Å². The molecule has 0 aromatic carbocycles. The van der Waals surface area contributed by atoms with Crippen molar-refractivity contribution in [2.45, 2.75) is 71.4 Å². The van der Waals surface area contributed by atoms with Crippen LogP contribution in [0, 0.1) is 0 Å². The van der Waals surface area contributed by atoms with Gasteiger partial charge in [0.05, 0.1) is 6.04 Å². The number of nitrogens with zero attached hydrogens (tertiary/aromatic N) is 2. The van der Waals surface area contributed by atoms with Crippen molar-refractivity contribution in [1.82, 2.24) is 14.9 Å². The van der Waals surface area contributed by atoms with E-state index in [1.165, 1.54) is 37.9 Å². The zero-order valence-electron chi connectivity index (χ0n) is 13.1. The molecule has 2 rings (SSSR count). The molecule has 0 saturated heterocycles. The number of aryl methyl sites for hydroxylation is 1. The van der Waals surface area contributed by atoms with Gasteiger partial charge in [-0.2, -0.15) is 0 Å². The molecular weight excluding hydrogens is 246 g/mol. The second-order valence-electron chi connectivity index (χ2n) is 5.80. The second kappa shape index (κ2) is 8.25. The highest BCUT2D eigenvalue weighted by atomic mass is 15.1. The van der Waals surface area contributed by atoms with Gasteiger partial charge in [-0.3, -0.25) is 0 Å². The lowest BCUT2D eigenvalue weighted by atomic mass is 9.94. The Hall–Kier alpha value is -1.09. The highest BCUT2D eigenvalue weighted by Gasteiger charge is 2.18. The molecule has 0 fully saturated rings. The van der Waals surface area contributed by atoms with Crippen molar-refractivity contribution in [3.63, 3.8) is 0 Å². The lowest BCUT2D eigenvalue weighted by Gasteiger charge is -2.22. The largest absolute Gasteiger partial charge is 0.334 e. The molecule has 0 aliphatic heterocycles. The van der Waals surface area contributed by atoms with Crippen molar-refractivity contribution in [2.75, 3.05) is 6.54 Å². The van der Waals surface area contributed by atoms with Crippen LogP contribution < -0.4 is 5.32 Å². The Morgan fingerprint density at radius 3 is 2.90 bits per heavy atom. The maximum Gasteiger partial charge on any atom is 0.126 e. The van der Waals surface area contributed by atoms with Crippen LogP contribution in [0.3, 0.4) is 0 Å². The number of allylic oxidation sites excluding steroid dienone is 1. The van der Waals surface area contributed by atoms with Gasteiger partial charge in [-0.05, 0) is 51.5 Å². The van der Waals surface area contributed by atoms with Crippen LogP contribution in [0.1, 0.15) is 70.7 Å². The van der Waals surface area contributed by atoms with Crippen molar-refractivity contribution < 1.29 is 0 Å². The van der Waals surface area contributed by atoms with E-state index in [-0.39, 0.29) is 0 Å². The van der Waals surface area contributed by atoms with Crippen molar-refractivity contribution >= 4 is 0 Å². The second-order valence-corrected chi connectivity index (χ2v) is 5.80. The molecule has 0 saturated carbocycles. The molecular formula is C17H29N3. The fourth-order valence-corrected chi connectivity index (χ4v) is 2.99. The van der Waals surface area contributed by atoms with Crippen LogP contribution in [0.5, 0.6) is 0 Å². The smallest absolute Gasteiger partial charge is 0.126 e. The van der Waals surface area contributed by atoms with Crippen LogP contribution in [0.2, 0.25) is 0 Å². The number of hydrogen-bond donors (Lipinski definition) is 1. The normalized spacial score (nSPS) is 17.0. The lowest BCUT2D eigenvalue weighted by Crippen LogP contribution is -2.26. The summed E-state index contributed by atoms with van der Waals surface area (Å²) < 4.78 is 2.32. The molecule has 0 amide bonds. The van der Waals surface area contributed by atoms with Gasteiger partial charge in [0.2, 0.25) is 0 Å². The molecule has 3 heteroatoms. The Balaban J connectivity index is 2.09. The fourth-order valence-electron chi connectivity index (χ4n) is 2.99. The minimum atomic E-state index is 0.376. The van der Waals surface area contributed by atoms with Gasteiger partial charge in [0.15, 0.2) is 0 Å². The summed E-state index contributed by atoms with van der Waals surface area (Å²) in [5.41, 5.74) is 1.62. The Morgan fingerprint density at radius 1 is 1.30 bits per heavy atom. The molecule has 1 aliphatic rings. The minimum absolute atomic E-state index is 0.376. The number of rotatable bonds is 8. The third kappa shape index (κ3) is 4.20. The Kier molecular flexibility index (Phi) is 6.31. The molecule has 20 heavy (non-hydrogen) atoms. The van der Waals surface area contributed by atoms with Crippen molar-refractivity contribution in [2.24, 2.45) is 0 Å². The third-order valence-electron chi connectivity index (χ3n) is 4.02. The van der Waals surface area contributed by atoms with Gasteiger partial charge in [-0.25, -0.2) is 4.98 Å². The molecule has 1 aliphatic carbocycles. The molecule has 1 aromatic heterocycles. The zero-order chi connectivity index (χ0) is 14.2. The van der Waals surface area contributed by atoms with Gasteiger partial charge in [0.25, 0.3) is 0 Å². The summed E-state index contributed by atoms with van der Waals surface area (Å²) in [5.74, 6) is 1.21. The quantitative estimate of drug-likeness (QED) is 0.720. The highest BCUT2D eigenvalue weighted by molar-refractivity contribution is 5.11. The number of hydrogen-bond acceptors (Lipinski definition) is 2.